The topological polar surface area (TPSA) is 26.3 Å². The zero-order valence-corrected chi connectivity index (χ0v) is 13.5. The molecule has 2 nitrogen and oxygen atoms in total. The molecule has 3 aromatic carbocycles. The first kappa shape index (κ1) is 15.8. The number of ketones is 1. The van der Waals surface area contributed by atoms with E-state index in [2.05, 4.69) is 18.2 Å². The van der Waals surface area contributed by atoms with Crippen molar-refractivity contribution in [3.8, 4) is 5.75 Å². The lowest BCUT2D eigenvalue weighted by atomic mass is 10.0. The van der Waals surface area contributed by atoms with Crippen molar-refractivity contribution in [2.45, 2.75) is 0 Å². The Morgan fingerprint density at radius 3 is 1.75 bits per heavy atom. The van der Waals surface area contributed by atoms with E-state index in [1.807, 2.05) is 48.5 Å². The van der Waals surface area contributed by atoms with E-state index in [-0.39, 0.29) is 5.78 Å². The Morgan fingerprint density at radius 1 is 0.708 bits per heavy atom. The van der Waals surface area contributed by atoms with Gasteiger partial charge in [0, 0.05) is 11.1 Å². The average molecular weight is 314 g/mol. The van der Waals surface area contributed by atoms with Gasteiger partial charge in [0.25, 0.3) is 0 Å². The Hall–Kier alpha value is -3.13. The summed E-state index contributed by atoms with van der Waals surface area (Å²) in [6.45, 7) is 0. The lowest BCUT2D eigenvalue weighted by Crippen LogP contribution is -2.00. The van der Waals surface area contributed by atoms with E-state index < -0.39 is 0 Å². The van der Waals surface area contributed by atoms with Crippen LogP contribution in [0.3, 0.4) is 0 Å². The molecule has 0 spiro atoms. The molecule has 3 aromatic rings. The quantitative estimate of drug-likeness (QED) is 0.484. The highest BCUT2D eigenvalue weighted by atomic mass is 16.5. The van der Waals surface area contributed by atoms with Crippen molar-refractivity contribution in [1.29, 1.82) is 0 Å². The summed E-state index contributed by atoms with van der Waals surface area (Å²) in [7, 11) is 1.61. The Balaban J connectivity index is 1.73. The second kappa shape index (κ2) is 7.42. The van der Waals surface area contributed by atoms with Gasteiger partial charge in [-0.3, -0.25) is 4.79 Å². The van der Waals surface area contributed by atoms with Crippen LogP contribution in [-0.4, -0.2) is 12.9 Å². The third-order valence-corrected chi connectivity index (χ3v) is 3.79. The van der Waals surface area contributed by atoms with Crippen molar-refractivity contribution in [3.05, 3.63) is 101 Å². The maximum atomic E-state index is 12.5. The fraction of sp³-hybridized carbons (Fsp3) is 0.0455. The molecule has 0 saturated heterocycles. The molecule has 2 heteroatoms. The van der Waals surface area contributed by atoms with E-state index in [1.54, 1.807) is 31.4 Å². The van der Waals surface area contributed by atoms with Crippen LogP contribution in [0, 0.1) is 0 Å². The van der Waals surface area contributed by atoms with E-state index in [4.69, 9.17) is 4.74 Å². The highest BCUT2D eigenvalue weighted by molar-refractivity contribution is 6.09. The third-order valence-electron chi connectivity index (χ3n) is 3.79. The minimum Gasteiger partial charge on any atom is -0.497 e. The average Bonchev–Trinajstić information content (AvgIpc) is 2.67. The van der Waals surface area contributed by atoms with Crippen molar-refractivity contribution >= 4 is 17.9 Å². The van der Waals surface area contributed by atoms with Crippen LogP contribution in [0.5, 0.6) is 5.75 Å². The van der Waals surface area contributed by atoms with Gasteiger partial charge in [-0.15, -0.1) is 0 Å². The molecular weight excluding hydrogens is 296 g/mol. The minimum atomic E-state index is 0.0104. The Bertz CT molecular complexity index is 829. The molecule has 0 aliphatic heterocycles. The van der Waals surface area contributed by atoms with Crippen LogP contribution in [-0.2, 0) is 0 Å². The predicted molar refractivity (Wildman–Crippen MR) is 98.2 cm³/mol. The molecule has 3 rings (SSSR count). The first-order valence-electron chi connectivity index (χ1n) is 7.78. The number of benzene rings is 3. The summed E-state index contributed by atoms with van der Waals surface area (Å²) in [5, 5.41) is 0. The van der Waals surface area contributed by atoms with Gasteiger partial charge in [0.2, 0.25) is 0 Å². The van der Waals surface area contributed by atoms with Crippen LogP contribution in [0.25, 0.3) is 12.2 Å². The van der Waals surface area contributed by atoms with Gasteiger partial charge in [0.15, 0.2) is 5.78 Å². The van der Waals surface area contributed by atoms with Crippen molar-refractivity contribution < 1.29 is 9.53 Å². The van der Waals surface area contributed by atoms with Gasteiger partial charge in [-0.05, 0) is 35.4 Å². The van der Waals surface area contributed by atoms with E-state index in [0.717, 1.165) is 16.9 Å². The summed E-state index contributed by atoms with van der Waals surface area (Å²) in [4.78, 5) is 12.5. The number of carbonyl (C=O) groups excluding carboxylic acids is 1. The summed E-state index contributed by atoms with van der Waals surface area (Å²) in [6, 6.07) is 24.9. The zero-order chi connectivity index (χ0) is 16.8. The van der Waals surface area contributed by atoms with Crippen LogP contribution >= 0.6 is 0 Å². The molecule has 0 N–H and O–H groups in total. The largest absolute Gasteiger partial charge is 0.497 e. The maximum Gasteiger partial charge on any atom is 0.193 e. The molecule has 118 valence electrons. The van der Waals surface area contributed by atoms with Gasteiger partial charge < -0.3 is 4.74 Å². The maximum absolute atomic E-state index is 12.5. The normalized spacial score (nSPS) is 10.7. The lowest BCUT2D eigenvalue weighted by molar-refractivity contribution is 0.103. The molecule has 0 atom stereocenters. The smallest absolute Gasteiger partial charge is 0.193 e. The predicted octanol–water partition coefficient (Wildman–Crippen LogP) is 5.10. The highest BCUT2D eigenvalue weighted by Crippen LogP contribution is 2.16. The summed E-state index contributed by atoms with van der Waals surface area (Å²) in [5.41, 5.74) is 3.54. The van der Waals surface area contributed by atoms with E-state index >= 15 is 0 Å². The number of carbonyl (C=O) groups is 1. The van der Waals surface area contributed by atoms with Gasteiger partial charge in [-0.25, -0.2) is 0 Å². The molecule has 0 heterocycles. The first-order chi connectivity index (χ1) is 11.8. The van der Waals surface area contributed by atoms with Gasteiger partial charge in [-0.2, -0.15) is 0 Å². The fourth-order valence-electron chi connectivity index (χ4n) is 2.41. The van der Waals surface area contributed by atoms with Crippen molar-refractivity contribution in [3.63, 3.8) is 0 Å². The molecular formula is C22H18O2. The second-order valence-corrected chi connectivity index (χ2v) is 5.42. The number of methoxy groups -OCH3 is 1. The second-order valence-electron chi connectivity index (χ2n) is 5.42. The Morgan fingerprint density at radius 2 is 1.21 bits per heavy atom. The molecule has 0 radical (unpaired) electrons. The standard InChI is InChI=1S/C22H18O2/c1-24-21-15-13-20(14-16-21)22(23)19-11-9-18(10-12-19)8-7-17-5-3-2-4-6-17/h2-16H,1H3/b8-7+. The zero-order valence-electron chi connectivity index (χ0n) is 13.5. The monoisotopic (exact) mass is 314 g/mol. The van der Waals surface area contributed by atoms with E-state index in [0.29, 0.717) is 11.1 Å². The van der Waals surface area contributed by atoms with Crippen molar-refractivity contribution in [1.82, 2.24) is 0 Å². The third kappa shape index (κ3) is 3.79. The SMILES string of the molecule is COc1ccc(C(=O)c2ccc(/C=C/c3ccccc3)cc2)cc1. The first-order valence-corrected chi connectivity index (χ1v) is 7.78. The van der Waals surface area contributed by atoms with Crippen LogP contribution in [0.4, 0.5) is 0 Å². The summed E-state index contributed by atoms with van der Waals surface area (Å²) >= 11 is 0. The lowest BCUT2D eigenvalue weighted by Gasteiger charge is -2.04. The summed E-state index contributed by atoms with van der Waals surface area (Å²) in [6.07, 6.45) is 4.09. The van der Waals surface area contributed by atoms with Gasteiger partial charge in [-0.1, -0.05) is 66.7 Å². The number of ether oxygens (including phenoxy) is 1. The van der Waals surface area contributed by atoms with Crippen LogP contribution in [0.15, 0.2) is 78.9 Å². The molecule has 24 heavy (non-hydrogen) atoms. The van der Waals surface area contributed by atoms with Crippen LogP contribution < -0.4 is 4.74 Å². The van der Waals surface area contributed by atoms with E-state index in [1.165, 1.54) is 0 Å². The number of hydrogen-bond donors (Lipinski definition) is 0. The van der Waals surface area contributed by atoms with Crippen molar-refractivity contribution in [2.75, 3.05) is 7.11 Å². The molecule has 0 bridgehead atoms. The number of rotatable bonds is 5. The molecule has 0 saturated carbocycles. The Labute approximate surface area is 142 Å². The van der Waals surface area contributed by atoms with Crippen LogP contribution in [0.2, 0.25) is 0 Å². The van der Waals surface area contributed by atoms with E-state index in [9.17, 15) is 4.79 Å². The molecule has 0 aliphatic rings. The minimum absolute atomic E-state index is 0.0104. The van der Waals surface area contributed by atoms with Gasteiger partial charge >= 0.3 is 0 Å². The summed E-state index contributed by atoms with van der Waals surface area (Å²) in [5.74, 6) is 0.754. The Kier molecular flexibility index (Phi) is 4.87. The fourth-order valence-corrected chi connectivity index (χ4v) is 2.41. The summed E-state index contributed by atoms with van der Waals surface area (Å²) < 4.78 is 5.11. The molecule has 0 aromatic heterocycles. The molecule has 0 unspecified atom stereocenters. The number of hydrogen-bond acceptors (Lipinski definition) is 2. The van der Waals surface area contributed by atoms with Crippen LogP contribution in [0.1, 0.15) is 27.0 Å². The molecule has 0 aliphatic carbocycles. The molecule has 0 fully saturated rings. The molecule has 0 amide bonds. The highest BCUT2D eigenvalue weighted by Gasteiger charge is 2.08. The van der Waals surface area contributed by atoms with Crippen molar-refractivity contribution in [2.24, 2.45) is 0 Å². The van der Waals surface area contributed by atoms with Gasteiger partial charge in [0.05, 0.1) is 7.11 Å². The van der Waals surface area contributed by atoms with Gasteiger partial charge in [0.1, 0.15) is 5.75 Å².